The van der Waals surface area contributed by atoms with Gasteiger partial charge in [-0.1, -0.05) is 0 Å². The highest BCUT2D eigenvalue weighted by atomic mass is 16.5. The number of carbonyl (C=O) groups excluding carboxylic acids is 2. The number of carbonyl (C=O) groups is 2. The highest BCUT2D eigenvalue weighted by molar-refractivity contribution is 5.97. The van der Waals surface area contributed by atoms with Gasteiger partial charge in [-0.3, -0.25) is 4.79 Å². The Kier molecular flexibility index (Phi) is 3.92. The summed E-state index contributed by atoms with van der Waals surface area (Å²) in [4.78, 5) is 22.4. The van der Waals surface area contributed by atoms with Crippen molar-refractivity contribution in [3.63, 3.8) is 0 Å². The number of hydrogen-bond acceptors (Lipinski definition) is 5. The Labute approximate surface area is 98.9 Å². The smallest absolute Gasteiger partial charge is 0.340 e. The van der Waals surface area contributed by atoms with Crippen LogP contribution in [-0.2, 0) is 9.53 Å². The Bertz CT molecular complexity index is 446. The lowest BCUT2D eigenvalue weighted by Gasteiger charge is -2.15. The number of esters is 1. The number of nitrogens with two attached hydrogens (primary N) is 2. The Morgan fingerprint density at radius 3 is 2.59 bits per heavy atom. The Morgan fingerprint density at radius 1 is 1.41 bits per heavy atom. The summed E-state index contributed by atoms with van der Waals surface area (Å²) in [6.07, 6.45) is 0. The molecule has 0 spiro atoms. The third kappa shape index (κ3) is 3.10. The van der Waals surface area contributed by atoms with Crippen molar-refractivity contribution in [3.8, 4) is 0 Å². The van der Waals surface area contributed by atoms with Gasteiger partial charge in [-0.25, -0.2) is 4.79 Å². The van der Waals surface area contributed by atoms with Gasteiger partial charge in [0, 0.05) is 11.4 Å². The molecular weight excluding hydrogens is 222 g/mol. The number of methoxy groups -OCH3 is 1. The van der Waals surface area contributed by atoms with E-state index in [-0.39, 0.29) is 5.56 Å². The SMILES string of the molecule is COC(=O)c1cc(N)ccc1NC(C)C(N)=O. The Morgan fingerprint density at radius 2 is 2.06 bits per heavy atom. The van der Waals surface area contributed by atoms with Crippen LogP contribution in [0.4, 0.5) is 11.4 Å². The number of anilines is 2. The molecule has 92 valence electrons. The van der Waals surface area contributed by atoms with Gasteiger partial charge in [-0.15, -0.1) is 0 Å². The lowest BCUT2D eigenvalue weighted by atomic mass is 10.1. The van der Waals surface area contributed by atoms with Crippen LogP contribution in [0.2, 0.25) is 0 Å². The van der Waals surface area contributed by atoms with Crippen LogP contribution >= 0.6 is 0 Å². The van der Waals surface area contributed by atoms with Crippen LogP contribution < -0.4 is 16.8 Å². The molecule has 0 bridgehead atoms. The van der Waals surface area contributed by atoms with Crippen molar-refractivity contribution >= 4 is 23.3 Å². The molecule has 1 aromatic carbocycles. The van der Waals surface area contributed by atoms with Gasteiger partial charge in [0.1, 0.15) is 6.04 Å². The number of nitrogens with one attached hydrogen (secondary N) is 1. The van der Waals surface area contributed by atoms with Gasteiger partial charge in [0.15, 0.2) is 0 Å². The van der Waals surface area contributed by atoms with E-state index in [2.05, 4.69) is 10.1 Å². The van der Waals surface area contributed by atoms with E-state index >= 15 is 0 Å². The van der Waals surface area contributed by atoms with E-state index in [4.69, 9.17) is 11.5 Å². The van der Waals surface area contributed by atoms with Gasteiger partial charge in [0.2, 0.25) is 5.91 Å². The fraction of sp³-hybridized carbons (Fsp3) is 0.273. The fourth-order valence-corrected chi connectivity index (χ4v) is 1.27. The first-order valence-electron chi connectivity index (χ1n) is 4.99. The second-order valence-electron chi connectivity index (χ2n) is 3.56. The molecule has 1 rings (SSSR count). The molecule has 0 heterocycles. The first-order chi connectivity index (χ1) is 7.95. The van der Waals surface area contributed by atoms with Crippen LogP contribution in [0.3, 0.4) is 0 Å². The number of ether oxygens (including phenoxy) is 1. The maximum Gasteiger partial charge on any atom is 0.340 e. The number of benzene rings is 1. The lowest BCUT2D eigenvalue weighted by molar-refractivity contribution is -0.118. The summed E-state index contributed by atoms with van der Waals surface area (Å²) < 4.78 is 4.62. The second-order valence-corrected chi connectivity index (χ2v) is 3.56. The molecule has 0 saturated heterocycles. The van der Waals surface area contributed by atoms with E-state index in [0.29, 0.717) is 11.4 Å². The molecule has 17 heavy (non-hydrogen) atoms. The van der Waals surface area contributed by atoms with Crippen LogP contribution in [0.5, 0.6) is 0 Å². The summed E-state index contributed by atoms with van der Waals surface area (Å²) in [5.41, 5.74) is 11.9. The average Bonchev–Trinajstić information content (AvgIpc) is 2.30. The maximum atomic E-state index is 11.5. The van der Waals surface area contributed by atoms with Gasteiger partial charge in [-0.05, 0) is 25.1 Å². The quantitative estimate of drug-likeness (QED) is 0.517. The molecule has 0 fully saturated rings. The van der Waals surface area contributed by atoms with Crippen LogP contribution in [0.15, 0.2) is 18.2 Å². The number of amides is 1. The molecule has 1 aromatic rings. The summed E-state index contributed by atoms with van der Waals surface area (Å²) in [5.74, 6) is -1.05. The number of primary amides is 1. The number of nitrogen functional groups attached to an aromatic ring is 1. The van der Waals surface area contributed by atoms with Crippen LogP contribution in [-0.4, -0.2) is 25.0 Å². The van der Waals surface area contributed by atoms with E-state index < -0.39 is 17.9 Å². The molecule has 1 amide bonds. The minimum absolute atomic E-state index is 0.264. The normalized spacial score (nSPS) is 11.6. The molecule has 0 radical (unpaired) electrons. The molecule has 6 heteroatoms. The molecule has 1 atom stereocenters. The van der Waals surface area contributed by atoms with Crippen molar-refractivity contribution < 1.29 is 14.3 Å². The minimum Gasteiger partial charge on any atom is -0.465 e. The van der Waals surface area contributed by atoms with Crippen molar-refractivity contribution in [1.29, 1.82) is 0 Å². The summed E-state index contributed by atoms with van der Waals surface area (Å²) in [7, 11) is 1.27. The van der Waals surface area contributed by atoms with Crippen molar-refractivity contribution in [2.45, 2.75) is 13.0 Å². The van der Waals surface area contributed by atoms with Crippen molar-refractivity contribution in [2.24, 2.45) is 5.73 Å². The van der Waals surface area contributed by atoms with E-state index in [1.807, 2.05) is 0 Å². The zero-order valence-corrected chi connectivity index (χ0v) is 9.69. The van der Waals surface area contributed by atoms with Gasteiger partial charge >= 0.3 is 5.97 Å². The van der Waals surface area contributed by atoms with E-state index in [1.165, 1.54) is 13.2 Å². The molecule has 5 N–H and O–H groups in total. The highest BCUT2D eigenvalue weighted by Gasteiger charge is 2.15. The van der Waals surface area contributed by atoms with Crippen molar-refractivity contribution in [3.05, 3.63) is 23.8 Å². The summed E-state index contributed by atoms with van der Waals surface area (Å²) >= 11 is 0. The van der Waals surface area contributed by atoms with Gasteiger partial charge in [0.05, 0.1) is 12.7 Å². The van der Waals surface area contributed by atoms with Crippen molar-refractivity contribution in [2.75, 3.05) is 18.2 Å². The maximum absolute atomic E-state index is 11.5. The number of rotatable bonds is 4. The standard InChI is InChI=1S/C11H15N3O3/c1-6(10(13)15)14-9-4-3-7(12)5-8(9)11(16)17-2/h3-6,14H,12H2,1-2H3,(H2,13,15). The zero-order valence-electron chi connectivity index (χ0n) is 9.69. The molecule has 1 unspecified atom stereocenters. The largest absolute Gasteiger partial charge is 0.465 e. The first kappa shape index (κ1) is 12.8. The van der Waals surface area contributed by atoms with Gasteiger partial charge in [-0.2, -0.15) is 0 Å². The highest BCUT2D eigenvalue weighted by Crippen LogP contribution is 2.20. The van der Waals surface area contributed by atoms with E-state index in [9.17, 15) is 9.59 Å². The van der Waals surface area contributed by atoms with Crippen LogP contribution in [0, 0.1) is 0 Å². The molecule has 6 nitrogen and oxygen atoms in total. The molecule has 0 aliphatic heterocycles. The fourth-order valence-electron chi connectivity index (χ4n) is 1.27. The predicted octanol–water partition coefficient (Wildman–Crippen LogP) is 0.341. The summed E-state index contributed by atoms with van der Waals surface area (Å²) in [6, 6.07) is 4.09. The molecule has 0 aliphatic carbocycles. The van der Waals surface area contributed by atoms with Crippen LogP contribution in [0.25, 0.3) is 0 Å². The van der Waals surface area contributed by atoms with E-state index in [0.717, 1.165) is 0 Å². The predicted molar refractivity (Wildman–Crippen MR) is 64.5 cm³/mol. The molecular formula is C11H15N3O3. The molecule has 0 aliphatic rings. The van der Waals surface area contributed by atoms with E-state index in [1.54, 1.807) is 19.1 Å². The third-order valence-corrected chi connectivity index (χ3v) is 2.25. The van der Waals surface area contributed by atoms with Gasteiger partial charge < -0.3 is 21.5 Å². The summed E-state index contributed by atoms with van der Waals surface area (Å²) in [5, 5.41) is 2.82. The third-order valence-electron chi connectivity index (χ3n) is 2.25. The topological polar surface area (TPSA) is 107 Å². The van der Waals surface area contributed by atoms with Crippen molar-refractivity contribution in [1.82, 2.24) is 0 Å². The van der Waals surface area contributed by atoms with Gasteiger partial charge in [0.25, 0.3) is 0 Å². The monoisotopic (exact) mass is 237 g/mol. The average molecular weight is 237 g/mol. The second kappa shape index (κ2) is 5.20. The molecule has 0 saturated carbocycles. The molecule has 0 aromatic heterocycles. The zero-order chi connectivity index (χ0) is 13.0. The summed E-state index contributed by atoms with van der Waals surface area (Å²) in [6.45, 7) is 1.60. The number of hydrogen-bond donors (Lipinski definition) is 3. The minimum atomic E-state index is -0.595. The Balaban J connectivity index is 3.06. The first-order valence-corrected chi connectivity index (χ1v) is 4.99. The Hall–Kier alpha value is -2.24. The lowest BCUT2D eigenvalue weighted by Crippen LogP contribution is -2.33. The van der Waals surface area contributed by atoms with Crippen LogP contribution in [0.1, 0.15) is 17.3 Å².